The van der Waals surface area contributed by atoms with Crippen LogP contribution in [0.4, 0.5) is 11.4 Å². The minimum atomic E-state index is -0.207. The van der Waals surface area contributed by atoms with Gasteiger partial charge in [0.2, 0.25) is 0 Å². The summed E-state index contributed by atoms with van der Waals surface area (Å²) < 4.78 is 6.71. The largest absolute Gasteiger partial charge is 0.456 e. The predicted octanol–water partition coefficient (Wildman–Crippen LogP) is 7.18. The molecule has 0 unspecified atom stereocenters. The third-order valence-corrected chi connectivity index (χ3v) is 5.46. The predicted molar refractivity (Wildman–Crippen MR) is 121 cm³/mol. The SMILES string of the molecule is CCc1cc(Br)cc2c1NC(=O)C2=Nc1ccc(Oc2ccc(Cl)cc2Cl)cc1. The minimum Gasteiger partial charge on any atom is -0.456 e. The zero-order valence-electron chi connectivity index (χ0n) is 15.3. The zero-order valence-corrected chi connectivity index (χ0v) is 18.4. The molecule has 0 atom stereocenters. The summed E-state index contributed by atoms with van der Waals surface area (Å²) in [5.41, 5.74) is 3.74. The van der Waals surface area contributed by atoms with Crippen LogP contribution in [0.2, 0.25) is 10.0 Å². The van der Waals surface area contributed by atoms with Crippen LogP contribution in [0.3, 0.4) is 0 Å². The minimum absolute atomic E-state index is 0.207. The van der Waals surface area contributed by atoms with Crippen LogP contribution in [0.15, 0.2) is 64.1 Å². The molecule has 0 fully saturated rings. The lowest BCUT2D eigenvalue weighted by molar-refractivity contribution is -0.110. The molecule has 0 aromatic heterocycles. The Kier molecular flexibility index (Phi) is 5.63. The number of halogens is 3. The number of hydrogen-bond donors (Lipinski definition) is 1. The molecule has 0 saturated carbocycles. The van der Waals surface area contributed by atoms with E-state index in [2.05, 4.69) is 33.2 Å². The number of ether oxygens (including phenoxy) is 1. The van der Waals surface area contributed by atoms with Gasteiger partial charge < -0.3 is 10.1 Å². The van der Waals surface area contributed by atoms with E-state index < -0.39 is 0 Å². The van der Waals surface area contributed by atoms with Gasteiger partial charge >= 0.3 is 0 Å². The van der Waals surface area contributed by atoms with E-state index in [-0.39, 0.29) is 5.91 Å². The second-order valence-electron chi connectivity index (χ2n) is 6.43. The number of nitrogens with one attached hydrogen (secondary N) is 1. The molecule has 1 N–H and O–H groups in total. The topological polar surface area (TPSA) is 50.7 Å². The Hall–Kier alpha value is -2.34. The normalized spacial score (nSPS) is 14.1. The third-order valence-electron chi connectivity index (χ3n) is 4.47. The van der Waals surface area contributed by atoms with E-state index in [0.29, 0.717) is 32.9 Å². The van der Waals surface area contributed by atoms with E-state index in [1.807, 2.05) is 12.1 Å². The first-order valence-corrected chi connectivity index (χ1v) is 10.5. The highest BCUT2D eigenvalue weighted by atomic mass is 79.9. The molecule has 7 heteroatoms. The maximum atomic E-state index is 12.5. The molecule has 0 spiro atoms. The molecule has 0 bridgehead atoms. The van der Waals surface area contributed by atoms with Gasteiger partial charge in [-0.1, -0.05) is 46.1 Å². The van der Waals surface area contributed by atoms with E-state index in [9.17, 15) is 4.79 Å². The Morgan fingerprint density at radius 1 is 1.07 bits per heavy atom. The molecular weight excluding hydrogens is 475 g/mol. The number of amides is 1. The highest BCUT2D eigenvalue weighted by Gasteiger charge is 2.28. The standard InChI is InChI=1S/C22H15BrCl2N2O2/c1-2-12-9-13(23)10-17-20(12)27-22(28)21(17)26-15-4-6-16(7-5-15)29-19-8-3-14(24)11-18(19)25/h3-11H,2H2,1H3,(H,26,27,28). The third kappa shape index (κ3) is 4.17. The molecule has 0 radical (unpaired) electrons. The van der Waals surface area contributed by atoms with Crippen molar-refractivity contribution in [3.8, 4) is 11.5 Å². The number of nitrogens with zero attached hydrogens (tertiary/aromatic N) is 1. The average molecular weight is 490 g/mol. The number of aryl methyl sites for hydroxylation is 1. The summed E-state index contributed by atoms with van der Waals surface area (Å²) in [5.74, 6) is 0.905. The van der Waals surface area contributed by atoms with Crippen LogP contribution in [-0.2, 0) is 11.2 Å². The maximum absolute atomic E-state index is 12.5. The highest BCUT2D eigenvalue weighted by molar-refractivity contribution is 9.10. The fourth-order valence-electron chi connectivity index (χ4n) is 3.09. The second kappa shape index (κ2) is 8.19. The van der Waals surface area contributed by atoms with Gasteiger partial charge in [-0.2, -0.15) is 0 Å². The van der Waals surface area contributed by atoms with Crippen LogP contribution in [0.25, 0.3) is 0 Å². The number of carbonyl (C=O) groups excluding carboxylic acids is 1. The average Bonchev–Trinajstić information content (AvgIpc) is 3.00. The van der Waals surface area contributed by atoms with Gasteiger partial charge in [0.15, 0.2) is 0 Å². The number of carbonyl (C=O) groups is 1. The van der Waals surface area contributed by atoms with E-state index in [0.717, 1.165) is 27.7 Å². The van der Waals surface area contributed by atoms with E-state index in [4.69, 9.17) is 27.9 Å². The summed E-state index contributed by atoms with van der Waals surface area (Å²) in [6, 6.07) is 16.1. The van der Waals surface area contributed by atoms with Crippen LogP contribution in [0, 0.1) is 0 Å². The Morgan fingerprint density at radius 3 is 2.52 bits per heavy atom. The van der Waals surface area contributed by atoms with Crippen molar-refractivity contribution in [2.24, 2.45) is 4.99 Å². The molecule has 1 amide bonds. The molecular formula is C22H15BrCl2N2O2. The summed E-state index contributed by atoms with van der Waals surface area (Å²) in [4.78, 5) is 17.0. The van der Waals surface area contributed by atoms with Crippen molar-refractivity contribution < 1.29 is 9.53 Å². The van der Waals surface area contributed by atoms with Crippen LogP contribution >= 0.6 is 39.1 Å². The van der Waals surface area contributed by atoms with Gasteiger partial charge in [0.25, 0.3) is 5.91 Å². The molecule has 0 saturated heterocycles. The van der Waals surface area contributed by atoms with Crippen molar-refractivity contribution in [2.75, 3.05) is 5.32 Å². The summed E-state index contributed by atoms with van der Waals surface area (Å²) in [5, 5.41) is 3.90. The van der Waals surface area contributed by atoms with Gasteiger partial charge in [-0.05, 0) is 66.6 Å². The summed E-state index contributed by atoms with van der Waals surface area (Å²) in [6.45, 7) is 2.05. The zero-order chi connectivity index (χ0) is 20.5. The number of anilines is 1. The van der Waals surface area contributed by atoms with Gasteiger partial charge in [0, 0.05) is 15.1 Å². The summed E-state index contributed by atoms with van der Waals surface area (Å²) in [6.07, 6.45) is 0.814. The summed E-state index contributed by atoms with van der Waals surface area (Å²) in [7, 11) is 0. The monoisotopic (exact) mass is 488 g/mol. The fourth-order valence-corrected chi connectivity index (χ4v) is 4.04. The molecule has 0 aliphatic carbocycles. The van der Waals surface area contributed by atoms with Gasteiger partial charge in [0.1, 0.15) is 17.2 Å². The first-order chi connectivity index (χ1) is 13.9. The fraction of sp³-hybridized carbons (Fsp3) is 0.0909. The van der Waals surface area contributed by atoms with Crippen LogP contribution in [-0.4, -0.2) is 11.6 Å². The molecule has 29 heavy (non-hydrogen) atoms. The molecule has 1 aliphatic heterocycles. The van der Waals surface area contributed by atoms with Gasteiger partial charge in [-0.15, -0.1) is 0 Å². The Bertz CT molecular complexity index is 1140. The smallest absolute Gasteiger partial charge is 0.275 e. The quantitative estimate of drug-likeness (QED) is 0.421. The Labute approximate surface area is 186 Å². The van der Waals surface area contributed by atoms with E-state index in [1.54, 1.807) is 42.5 Å². The Balaban J connectivity index is 1.62. The van der Waals surface area contributed by atoms with Gasteiger partial charge in [-0.3, -0.25) is 4.79 Å². The number of aliphatic imine (C=N–C) groups is 1. The van der Waals surface area contributed by atoms with Crippen LogP contribution in [0.5, 0.6) is 11.5 Å². The number of hydrogen-bond acceptors (Lipinski definition) is 3. The first-order valence-electron chi connectivity index (χ1n) is 8.90. The van der Waals surface area contributed by atoms with Crippen molar-refractivity contribution in [3.63, 3.8) is 0 Å². The van der Waals surface area contributed by atoms with Crippen LogP contribution in [0.1, 0.15) is 18.1 Å². The lowest BCUT2D eigenvalue weighted by atomic mass is 10.0. The highest BCUT2D eigenvalue weighted by Crippen LogP contribution is 2.34. The lowest BCUT2D eigenvalue weighted by Gasteiger charge is -2.08. The number of fused-ring (bicyclic) bond motifs is 1. The van der Waals surface area contributed by atoms with Crippen molar-refractivity contribution >= 4 is 62.1 Å². The molecule has 1 aliphatic rings. The summed E-state index contributed by atoms with van der Waals surface area (Å²) >= 11 is 15.6. The van der Waals surface area contributed by atoms with Crippen molar-refractivity contribution in [1.82, 2.24) is 0 Å². The second-order valence-corrected chi connectivity index (χ2v) is 8.19. The van der Waals surface area contributed by atoms with Crippen molar-refractivity contribution in [2.45, 2.75) is 13.3 Å². The van der Waals surface area contributed by atoms with Gasteiger partial charge in [-0.25, -0.2) is 4.99 Å². The van der Waals surface area contributed by atoms with Crippen LogP contribution < -0.4 is 10.1 Å². The lowest BCUT2D eigenvalue weighted by Crippen LogP contribution is -2.14. The van der Waals surface area contributed by atoms with E-state index in [1.165, 1.54) is 0 Å². The number of benzene rings is 3. The molecule has 4 nitrogen and oxygen atoms in total. The first kappa shape index (κ1) is 20.0. The molecule has 4 rings (SSSR count). The molecule has 3 aromatic carbocycles. The van der Waals surface area contributed by atoms with Crippen molar-refractivity contribution in [1.29, 1.82) is 0 Å². The van der Waals surface area contributed by atoms with Crippen molar-refractivity contribution in [3.05, 3.63) is 80.2 Å². The van der Waals surface area contributed by atoms with Gasteiger partial charge in [0.05, 0.1) is 16.4 Å². The van der Waals surface area contributed by atoms with E-state index >= 15 is 0 Å². The molecule has 3 aromatic rings. The number of rotatable bonds is 4. The molecule has 1 heterocycles. The maximum Gasteiger partial charge on any atom is 0.275 e. The Morgan fingerprint density at radius 2 is 1.83 bits per heavy atom. The molecule has 146 valence electrons.